The Bertz CT molecular complexity index is 156. The largest absolute Gasteiger partial charge is 0.317 e. The van der Waals surface area contributed by atoms with Crippen LogP contribution in [0, 0.1) is 0 Å². The van der Waals surface area contributed by atoms with Crippen molar-refractivity contribution in [1.82, 2.24) is 5.32 Å². The Balaban J connectivity index is 2.07. The van der Waals surface area contributed by atoms with Crippen LogP contribution in [0.3, 0.4) is 0 Å². The maximum atomic E-state index is 3.57. The molecule has 1 heteroatoms. The Hall–Kier alpha value is -0.300. The zero-order valence-electron chi connectivity index (χ0n) is 11.6. The van der Waals surface area contributed by atoms with Crippen LogP contribution in [0.5, 0.6) is 0 Å². The number of allylic oxidation sites excluding steroid dienone is 2. The third kappa shape index (κ3) is 10.6. The fourth-order valence-corrected chi connectivity index (χ4v) is 2.45. The molecule has 0 aromatic heterocycles. The number of rotatable bonds is 0. The Kier molecular flexibility index (Phi) is 10.6. The molecule has 1 nitrogen and oxygen atoms in total. The van der Waals surface area contributed by atoms with E-state index < -0.39 is 0 Å². The van der Waals surface area contributed by atoms with Crippen molar-refractivity contribution in [2.75, 3.05) is 13.1 Å². The molecule has 0 saturated heterocycles. The summed E-state index contributed by atoms with van der Waals surface area (Å²) >= 11 is 0. The van der Waals surface area contributed by atoms with E-state index in [9.17, 15) is 0 Å². The van der Waals surface area contributed by atoms with Crippen LogP contribution in [0.4, 0.5) is 0 Å². The summed E-state index contributed by atoms with van der Waals surface area (Å²) in [5.41, 5.74) is 0. The van der Waals surface area contributed by atoms with Gasteiger partial charge in [0.25, 0.3) is 0 Å². The number of hydrogen-bond acceptors (Lipinski definition) is 1. The molecule has 0 amide bonds. The van der Waals surface area contributed by atoms with Gasteiger partial charge < -0.3 is 5.32 Å². The molecule has 1 N–H and O–H groups in total. The Labute approximate surface area is 108 Å². The van der Waals surface area contributed by atoms with E-state index in [0.29, 0.717) is 0 Å². The lowest BCUT2D eigenvalue weighted by atomic mass is 10.1. The zero-order valence-corrected chi connectivity index (χ0v) is 11.6. The lowest BCUT2D eigenvalue weighted by molar-refractivity contribution is 0.548. The van der Waals surface area contributed by atoms with E-state index in [1.165, 1.54) is 90.1 Å². The third-order valence-corrected chi connectivity index (χ3v) is 3.62. The van der Waals surface area contributed by atoms with Gasteiger partial charge in [-0.15, -0.1) is 0 Å². The normalized spacial score (nSPS) is 24.9. The van der Waals surface area contributed by atoms with E-state index in [1.807, 2.05) is 0 Å². The smallest absolute Gasteiger partial charge is 0.00489 e. The van der Waals surface area contributed by atoms with E-state index >= 15 is 0 Å². The summed E-state index contributed by atoms with van der Waals surface area (Å²) in [6.45, 7) is 2.47. The highest BCUT2D eigenvalue weighted by Gasteiger charge is 1.93. The molecule has 100 valence electrons. The molecule has 0 bridgehead atoms. The second-order valence-electron chi connectivity index (χ2n) is 5.33. The van der Waals surface area contributed by atoms with Gasteiger partial charge in [-0.3, -0.25) is 0 Å². The van der Waals surface area contributed by atoms with Crippen LogP contribution in [0.15, 0.2) is 12.2 Å². The maximum Gasteiger partial charge on any atom is -0.00489 e. The number of hydrogen-bond donors (Lipinski definition) is 1. The highest BCUT2D eigenvalue weighted by Crippen LogP contribution is 2.09. The zero-order chi connectivity index (χ0) is 12.0. The predicted molar refractivity (Wildman–Crippen MR) is 77.4 cm³/mol. The fourth-order valence-electron chi connectivity index (χ4n) is 2.45. The molecule has 1 aliphatic rings. The molecule has 17 heavy (non-hydrogen) atoms. The quantitative estimate of drug-likeness (QED) is 0.595. The van der Waals surface area contributed by atoms with Crippen LogP contribution < -0.4 is 5.32 Å². The van der Waals surface area contributed by atoms with Gasteiger partial charge in [0.15, 0.2) is 0 Å². The first-order valence-electron chi connectivity index (χ1n) is 7.86. The molecular weight excluding hydrogens is 206 g/mol. The van der Waals surface area contributed by atoms with Crippen molar-refractivity contribution in [2.24, 2.45) is 0 Å². The van der Waals surface area contributed by atoms with Crippen molar-refractivity contribution in [3.63, 3.8) is 0 Å². The minimum atomic E-state index is 1.23. The average Bonchev–Trinajstić information content (AvgIpc) is 2.35. The maximum absolute atomic E-state index is 3.57. The van der Waals surface area contributed by atoms with E-state index in [-0.39, 0.29) is 0 Å². The van der Waals surface area contributed by atoms with Crippen molar-refractivity contribution >= 4 is 0 Å². The molecule has 0 saturated carbocycles. The lowest BCUT2D eigenvalue weighted by Crippen LogP contribution is -2.16. The molecule has 0 atom stereocenters. The van der Waals surface area contributed by atoms with Gasteiger partial charge in [-0.05, 0) is 51.6 Å². The molecular formula is C16H31N. The minimum Gasteiger partial charge on any atom is -0.317 e. The highest BCUT2D eigenvalue weighted by atomic mass is 14.8. The second-order valence-corrected chi connectivity index (χ2v) is 5.33. The standard InChI is InChI=1S/C16H31N/c1-2-4-6-8-10-12-14-16-17-15-13-11-9-7-5-3-1/h1,3,17H,2,4-16H2/b3-1+. The topological polar surface area (TPSA) is 12.0 Å². The number of nitrogens with one attached hydrogen (secondary N) is 1. The molecule has 0 spiro atoms. The van der Waals surface area contributed by atoms with Crippen molar-refractivity contribution in [3.8, 4) is 0 Å². The Morgan fingerprint density at radius 2 is 0.882 bits per heavy atom. The fraction of sp³-hybridized carbons (Fsp3) is 0.875. The van der Waals surface area contributed by atoms with E-state index in [0.717, 1.165) is 0 Å². The lowest BCUT2D eigenvalue weighted by Gasteiger charge is -2.04. The van der Waals surface area contributed by atoms with Crippen molar-refractivity contribution in [2.45, 2.75) is 77.0 Å². The van der Waals surface area contributed by atoms with Crippen LogP contribution in [0.2, 0.25) is 0 Å². The molecule has 0 aromatic carbocycles. The van der Waals surface area contributed by atoms with Crippen LogP contribution in [-0.2, 0) is 0 Å². The van der Waals surface area contributed by atoms with Crippen molar-refractivity contribution < 1.29 is 0 Å². The van der Waals surface area contributed by atoms with Gasteiger partial charge in [-0.1, -0.05) is 50.7 Å². The van der Waals surface area contributed by atoms with E-state index in [4.69, 9.17) is 0 Å². The summed E-state index contributed by atoms with van der Waals surface area (Å²) in [5.74, 6) is 0. The van der Waals surface area contributed by atoms with E-state index in [2.05, 4.69) is 17.5 Å². The second kappa shape index (κ2) is 12.2. The molecule has 1 heterocycles. The van der Waals surface area contributed by atoms with Crippen molar-refractivity contribution in [3.05, 3.63) is 12.2 Å². The van der Waals surface area contributed by atoms with E-state index in [1.54, 1.807) is 0 Å². The first-order chi connectivity index (χ1) is 8.50. The SMILES string of the molecule is C1=C/CCCCCCNCCCCCCCC/1. The third-order valence-electron chi connectivity index (χ3n) is 3.62. The molecule has 0 aromatic rings. The minimum absolute atomic E-state index is 1.23. The first kappa shape index (κ1) is 14.8. The van der Waals surface area contributed by atoms with Crippen LogP contribution >= 0.6 is 0 Å². The summed E-state index contributed by atoms with van der Waals surface area (Å²) in [5, 5.41) is 3.57. The molecule has 0 aliphatic carbocycles. The predicted octanol–water partition coefficient (Wildman–Crippen LogP) is 4.83. The van der Waals surface area contributed by atoms with Gasteiger partial charge in [0.2, 0.25) is 0 Å². The van der Waals surface area contributed by atoms with Crippen molar-refractivity contribution in [1.29, 1.82) is 0 Å². The average molecular weight is 237 g/mol. The molecule has 0 radical (unpaired) electrons. The van der Waals surface area contributed by atoms with Crippen LogP contribution in [0.1, 0.15) is 77.0 Å². The summed E-state index contributed by atoms with van der Waals surface area (Å²) in [6.07, 6.45) is 21.5. The molecule has 1 rings (SSSR count). The van der Waals surface area contributed by atoms with Crippen LogP contribution in [0.25, 0.3) is 0 Å². The molecule has 0 unspecified atom stereocenters. The monoisotopic (exact) mass is 237 g/mol. The van der Waals surface area contributed by atoms with Gasteiger partial charge in [0.05, 0.1) is 0 Å². The van der Waals surface area contributed by atoms with Gasteiger partial charge in [-0.2, -0.15) is 0 Å². The molecule has 1 aliphatic heterocycles. The summed E-state index contributed by atoms with van der Waals surface area (Å²) in [4.78, 5) is 0. The summed E-state index contributed by atoms with van der Waals surface area (Å²) in [7, 11) is 0. The van der Waals surface area contributed by atoms with Gasteiger partial charge in [0, 0.05) is 0 Å². The van der Waals surface area contributed by atoms with Gasteiger partial charge in [-0.25, -0.2) is 0 Å². The summed E-state index contributed by atoms with van der Waals surface area (Å²) in [6, 6.07) is 0. The first-order valence-corrected chi connectivity index (χ1v) is 7.86. The Morgan fingerprint density at radius 1 is 0.471 bits per heavy atom. The molecule has 0 fully saturated rings. The van der Waals surface area contributed by atoms with Gasteiger partial charge in [0.1, 0.15) is 0 Å². The highest BCUT2D eigenvalue weighted by molar-refractivity contribution is 4.81. The summed E-state index contributed by atoms with van der Waals surface area (Å²) < 4.78 is 0. The Morgan fingerprint density at radius 3 is 1.41 bits per heavy atom. The van der Waals surface area contributed by atoms with Gasteiger partial charge >= 0.3 is 0 Å². The van der Waals surface area contributed by atoms with Crippen LogP contribution in [-0.4, -0.2) is 13.1 Å².